The summed E-state index contributed by atoms with van der Waals surface area (Å²) < 4.78 is 45.1. The number of ether oxygens (including phenoxy) is 1. The van der Waals surface area contributed by atoms with Gasteiger partial charge in [-0.3, -0.25) is 14.6 Å². The normalized spacial score (nSPS) is 16.3. The van der Waals surface area contributed by atoms with E-state index in [0.29, 0.717) is 17.1 Å². The Balaban J connectivity index is 2.29. The Bertz CT molecular complexity index is 649. The Kier molecular flexibility index (Phi) is 8.88. The van der Waals surface area contributed by atoms with Gasteiger partial charge in [-0.25, -0.2) is 0 Å². The summed E-state index contributed by atoms with van der Waals surface area (Å²) in [6, 6.07) is 1.46. The molecule has 0 aromatic carbocycles. The molecule has 0 saturated heterocycles. The number of amides is 2. The number of pyridine rings is 1. The first kappa shape index (κ1) is 23.1. The first-order chi connectivity index (χ1) is 13.8. The van der Waals surface area contributed by atoms with E-state index < -0.39 is 24.0 Å². The van der Waals surface area contributed by atoms with Crippen molar-refractivity contribution in [1.82, 2.24) is 15.2 Å². The molecule has 2 amide bonds. The van der Waals surface area contributed by atoms with Crippen molar-refractivity contribution in [3.63, 3.8) is 0 Å². The van der Waals surface area contributed by atoms with Crippen molar-refractivity contribution >= 4 is 11.8 Å². The maximum atomic E-state index is 13.3. The van der Waals surface area contributed by atoms with Gasteiger partial charge in [-0.2, -0.15) is 13.2 Å². The van der Waals surface area contributed by atoms with Crippen LogP contribution >= 0.6 is 0 Å². The van der Waals surface area contributed by atoms with Gasteiger partial charge in [0.25, 0.3) is 0 Å². The molecule has 162 valence electrons. The van der Waals surface area contributed by atoms with Gasteiger partial charge in [0, 0.05) is 38.2 Å². The molecular weight excluding hydrogens is 387 g/mol. The average molecular weight is 415 g/mol. The molecule has 2 rings (SSSR count). The molecule has 9 heteroatoms. The van der Waals surface area contributed by atoms with E-state index in [1.54, 1.807) is 6.92 Å². The maximum absolute atomic E-state index is 13.3. The molecule has 1 fully saturated rings. The van der Waals surface area contributed by atoms with Crippen LogP contribution in [0.5, 0.6) is 0 Å². The van der Waals surface area contributed by atoms with Crippen LogP contribution in [0.3, 0.4) is 0 Å². The number of halogens is 3. The van der Waals surface area contributed by atoms with Crippen LogP contribution in [0.2, 0.25) is 0 Å². The molecule has 1 aliphatic rings. The van der Waals surface area contributed by atoms with Gasteiger partial charge in [0.15, 0.2) is 0 Å². The minimum absolute atomic E-state index is 0.0909. The summed E-state index contributed by atoms with van der Waals surface area (Å²) >= 11 is 0. The third-order valence-corrected chi connectivity index (χ3v) is 4.93. The number of alkyl halides is 3. The summed E-state index contributed by atoms with van der Waals surface area (Å²) in [5, 5.41) is 2.85. The number of hydrogen-bond acceptors (Lipinski definition) is 4. The Morgan fingerprint density at radius 2 is 1.90 bits per heavy atom. The average Bonchev–Trinajstić information content (AvgIpc) is 2.70. The van der Waals surface area contributed by atoms with Gasteiger partial charge >= 0.3 is 12.1 Å². The summed E-state index contributed by atoms with van der Waals surface area (Å²) in [4.78, 5) is 29.7. The van der Waals surface area contributed by atoms with E-state index in [1.165, 1.54) is 24.5 Å². The number of nitrogens with zero attached hydrogens (tertiary/aromatic N) is 2. The third-order valence-electron chi connectivity index (χ3n) is 4.93. The maximum Gasteiger partial charge on any atom is 0.471 e. The molecule has 0 bridgehead atoms. The lowest BCUT2D eigenvalue weighted by atomic mass is 9.94. The van der Waals surface area contributed by atoms with Crippen LogP contribution in [0.4, 0.5) is 13.2 Å². The minimum Gasteiger partial charge on any atom is -0.382 e. The van der Waals surface area contributed by atoms with E-state index in [9.17, 15) is 22.8 Å². The number of nitrogens with one attached hydrogen (secondary N) is 1. The number of aromatic nitrogens is 1. The van der Waals surface area contributed by atoms with E-state index in [1.807, 2.05) is 0 Å². The van der Waals surface area contributed by atoms with E-state index in [4.69, 9.17) is 4.74 Å². The Labute approximate surface area is 168 Å². The second-order valence-corrected chi connectivity index (χ2v) is 7.07. The summed E-state index contributed by atoms with van der Waals surface area (Å²) in [7, 11) is 0. The van der Waals surface area contributed by atoms with E-state index >= 15 is 0 Å². The van der Waals surface area contributed by atoms with Crippen LogP contribution in [-0.2, 0) is 14.3 Å². The monoisotopic (exact) mass is 415 g/mol. The van der Waals surface area contributed by atoms with E-state index in [-0.39, 0.29) is 25.6 Å². The lowest BCUT2D eigenvalue weighted by Crippen LogP contribution is -2.50. The molecule has 0 spiro atoms. The fourth-order valence-electron chi connectivity index (χ4n) is 3.54. The number of carbonyl (C=O) groups is 2. The molecule has 6 nitrogen and oxygen atoms in total. The molecule has 1 saturated carbocycles. The number of hydrogen-bond donors (Lipinski definition) is 1. The van der Waals surface area contributed by atoms with Crippen LogP contribution in [0.25, 0.3) is 0 Å². The predicted octanol–water partition coefficient (Wildman–Crippen LogP) is 3.39. The molecule has 29 heavy (non-hydrogen) atoms. The highest BCUT2D eigenvalue weighted by Gasteiger charge is 2.46. The summed E-state index contributed by atoms with van der Waals surface area (Å²) in [5.74, 6) is -2.63. The summed E-state index contributed by atoms with van der Waals surface area (Å²) in [6.07, 6.45) is 2.47. The Morgan fingerprint density at radius 3 is 2.48 bits per heavy atom. The van der Waals surface area contributed by atoms with Crippen molar-refractivity contribution in [2.24, 2.45) is 0 Å². The quantitative estimate of drug-likeness (QED) is 0.628. The van der Waals surface area contributed by atoms with Crippen molar-refractivity contribution in [3.05, 3.63) is 30.1 Å². The zero-order valence-electron chi connectivity index (χ0n) is 16.6. The number of rotatable bonds is 9. The Morgan fingerprint density at radius 1 is 1.24 bits per heavy atom. The fourth-order valence-corrected chi connectivity index (χ4v) is 3.54. The van der Waals surface area contributed by atoms with Crippen molar-refractivity contribution in [2.75, 3.05) is 19.8 Å². The first-order valence-corrected chi connectivity index (χ1v) is 10.0. The second kappa shape index (κ2) is 11.1. The van der Waals surface area contributed by atoms with Crippen LogP contribution in [0, 0.1) is 0 Å². The van der Waals surface area contributed by atoms with Crippen LogP contribution in [0.15, 0.2) is 24.5 Å². The molecular formula is C20H28F3N3O3. The van der Waals surface area contributed by atoms with Gasteiger partial charge < -0.3 is 15.0 Å². The molecule has 0 aliphatic heterocycles. The van der Waals surface area contributed by atoms with Gasteiger partial charge in [0.05, 0.1) is 0 Å². The van der Waals surface area contributed by atoms with Gasteiger partial charge in [0.1, 0.15) is 6.04 Å². The highest BCUT2D eigenvalue weighted by Crippen LogP contribution is 2.28. The molecule has 1 N–H and O–H groups in total. The zero-order chi connectivity index (χ0) is 21.3. The van der Waals surface area contributed by atoms with Gasteiger partial charge in [0.2, 0.25) is 5.91 Å². The highest BCUT2D eigenvalue weighted by atomic mass is 19.4. The Hall–Kier alpha value is -2.16. The van der Waals surface area contributed by atoms with Crippen LogP contribution in [0.1, 0.15) is 57.1 Å². The first-order valence-electron chi connectivity index (χ1n) is 10.0. The smallest absolute Gasteiger partial charge is 0.382 e. The largest absolute Gasteiger partial charge is 0.471 e. The SMILES string of the molecule is CCOCCCN(C(=O)C(F)(F)F)[C@H](C(=O)NC1CCCCC1)c1ccncc1. The number of carbonyl (C=O) groups excluding carboxylic acids is 2. The van der Waals surface area contributed by atoms with Crippen molar-refractivity contribution in [3.8, 4) is 0 Å². The van der Waals surface area contributed by atoms with E-state index in [0.717, 1.165) is 32.1 Å². The zero-order valence-corrected chi connectivity index (χ0v) is 16.6. The van der Waals surface area contributed by atoms with Crippen LogP contribution in [-0.4, -0.2) is 53.7 Å². The fraction of sp³-hybridized carbons (Fsp3) is 0.650. The third kappa shape index (κ3) is 6.99. The molecule has 0 radical (unpaired) electrons. The van der Waals surface area contributed by atoms with Crippen molar-refractivity contribution in [2.45, 2.75) is 63.7 Å². The van der Waals surface area contributed by atoms with E-state index in [2.05, 4.69) is 10.3 Å². The molecule has 1 atom stereocenters. The van der Waals surface area contributed by atoms with Crippen molar-refractivity contribution < 1.29 is 27.5 Å². The molecule has 1 aromatic rings. The lowest BCUT2D eigenvalue weighted by molar-refractivity contribution is -0.189. The molecule has 1 aliphatic carbocycles. The molecule has 1 heterocycles. The predicted molar refractivity (Wildman–Crippen MR) is 101 cm³/mol. The van der Waals surface area contributed by atoms with Gasteiger partial charge in [-0.15, -0.1) is 0 Å². The minimum atomic E-state index is -5.08. The topological polar surface area (TPSA) is 71.5 Å². The summed E-state index contributed by atoms with van der Waals surface area (Å²) in [5.41, 5.74) is 0.294. The molecule has 0 unspecified atom stereocenters. The van der Waals surface area contributed by atoms with Gasteiger partial charge in [-0.05, 0) is 43.9 Å². The van der Waals surface area contributed by atoms with Crippen molar-refractivity contribution in [1.29, 1.82) is 0 Å². The standard InChI is InChI=1S/C20H28F3N3O3/c1-2-29-14-6-13-26(19(28)20(21,22)23)17(15-9-11-24-12-10-15)18(27)25-16-7-4-3-5-8-16/h9-12,16-17H,2-8,13-14H2,1H3,(H,25,27)/t17-/m0/s1. The summed E-state index contributed by atoms with van der Waals surface area (Å²) in [6.45, 7) is 2.15. The van der Waals surface area contributed by atoms with Crippen LogP contribution < -0.4 is 5.32 Å². The lowest BCUT2D eigenvalue weighted by Gasteiger charge is -2.33. The highest BCUT2D eigenvalue weighted by molar-refractivity contribution is 5.90. The second-order valence-electron chi connectivity index (χ2n) is 7.07. The van der Waals surface area contributed by atoms with Gasteiger partial charge in [-0.1, -0.05) is 19.3 Å². The molecule has 1 aromatic heterocycles.